The number of alkyl halides is 2. The monoisotopic (exact) mass is 304 g/mol. The molecule has 1 aliphatic heterocycles. The molecule has 7 heteroatoms. The standard InChI is InChI=1S/C15H14F2N4O/c1-22-13-5-3-2-4-10(13)11-6-12(14(16)17)21-15(20-11)9(7-18)8-19-21/h2-5,8,11-12,14,20H,6H2,1H3/t11-,12+/m1/s1. The summed E-state index contributed by atoms with van der Waals surface area (Å²) in [7, 11) is 1.54. The highest BCUT2D eigenvalue weighted by molar-refractivity contribution is 5.55. The molecule has 0 aliphatic carbocycles. The van der Waals surface area contributed by atoms with Gasteiger partial charge in [0.2, 0.25) is 0 Å². The van der Waals surface area contributed by atoms with Crippen LogP contribution in [0.15, 0.2) is 30.5 Å². The minimum atomic E-state index is -2.57. The van der Waals surface area contributed by atoms with Gasteiger partial charge in [-0.3, -0.25) is 0 Å². The Balaban J connectivity index is 2.04. The quantitative estimate of drug-likeness (QED) is 0.946. The van der Waals surface area contributed by atoms with E-state index in [1.807, 2.05) is 24.3 Å². The molecule has 2 aromatic rings. The molecule has 0 amide bonds. The summed E-state index contributed by atoms with van der Waals surface area (Å²) < 4.78 is 33.3. The van der Waals surface area contributed by atoms with Crippen molar-refractivity contribution in [3.05, 3.63) is 41.6 Å². The highest BCUT2D eigenvalue weighted by Crippen LogP contribution is 2.41. The van der Waals surface area contributed by atoms with Crippen molar-refractivity contribution in [3.63, 3.8) is 0 Å². The maximum Gasteiger partial charge on any atom is 0.260 e. The number of fused-ring (bicyclic) bond motifs is 1. The number of anilines is 1. The normalized spacial score (nSPS) is 20.1. The summed E-state index contributed by atoms with van der Waals surface area (Å²) in [6.07, 6.45) is -1.09. The number of benzene rings is 1. The Hall–Kier alpha value is -2.62. The van der Waals surface area contributed by atoms with Crippen molar-refractivity contribution >= 4 is 5.82 Å². The maximum atomic E-state index is 13.4. The zero-order valence-electron chi connectivity index (χ0n) is 11.8. The van der Waals surface area contributed by atoms with Crippen molar-refractivity contribution in [3.8, 4) is 11.8 Å². The number of para-hydroxylation sites is 1. The van der Waals surface area contributed by atoms with E-state index in [2.05, 4.69) is 10.4 Å². The number of hydrogen-bond acceptors (Lipinski definition) is 4. The average Bonchev–Trinajstić information content (AvgIpc) is 2.96. The van der Waals surface area contributed by atoms with Gasteiger partial charge in [0.25, 0.3) is 6.43 Å². The molecule has 22 heavy (non-hydrogen) atoms. The molecule has 2 heterocycles. The number of ether oxygens (including phenoxy) is 1. The zero-order valence-corrected chi connectivity index (χ0v) is 11.8. The topological polar surface area (TPSA) is 62.9 Å². The minimum Gasteiger partial charge on any atom is -0.496 e. The summed E-state index contributed by atoms with van der Waals surface area (Å²) in [6.45, 7) is 0. The van der Waals surface area contributed by atoms with Crippen molar-refractivity contribution in [2.45, 2.75) is 24.9 Å². The van der Waals surface area contributed by atoms with Gasteiger partial charge in [-0.05, 0) is 12.5 Å². The Morgan fingerprint density at radius 1 is 1.45 bits per heavy atom. The molecule has 1 aromatic heterocycles. The van der Waals surface area contributed by atoms with Gasteiger partial charge < -0.3 is 10.1 Å². The van der Waals surface area contributed by atoms with Gasteiger partial charge in [0, 0.05) is 5.56 Å². The molecule has 0 bridgehead atoms. The van der Waals surface area contributed by atoms with Crippen molar-refractivity contribution in [2.24, 2.45) is 0 Å². The fourth-order valence-electron chi connectivity index (χ4n) is 2.77. The second kappa shape index (κ2) is 5.64. The van der Waals surface area contributed by atoms with E-state index in [0.29, 0.717) is 11.6 Å². The fraction of sp³-hybridized carbons (Fsp3) is 0.333. The van der Waals surface area contributed by atoms with E-state index < -0.39 is 12.5 Å². The minimum absolute atomic E-state index is 0.164. The number of nitriles is 1. The van der Waals surface area contributed by atoms with Gasteiger partial charge in [0.05, 0.1) is 19.3 Å². The average molecular weight is 304 g/mol. The van der Waals surface area contributed by atoms with E-state index in [4.69, 9.17) is 10.00 Å². The first-order valence-electron chi connectivity index (χ1n) is 6.81. The van der Waals surface area contributed by atoms with E-state index in [-0.39, 0.29) is 18.0 Å². The van der Waals surface area contributed by atoms with Crippen LogP contribution < -0.4 is 10.1 Å². The van der Waals surface area contributed by atoms with Crippen LogP contribution in [0.2, 0.25) is 0 Å². The van der Waals surface area contributed by atoms with Gasteiger partial charge in [-0.1, -0.05) is 18.2 Å². The summed E-state index contributed by atoms with van der Waals surface area (Å²) in [6, 6.07) is 7.79. The Kier molecular flexibility index (Phi) is 3.67. The lowest BCUT2D eigenvalue weighted by Crippen LogP contribution is -2.31. The predicted molar refractivity (Wildman–Crippen MR) is 76.0 cm³/mol. The Labute approximate surface area is 126 Å². The smallest absolute Gasteiger partial charge is 0.260 e. The van der Waals surface area contributed by atoms with Crippen LogP contribution in [-0.4, -0.2) is 23.3 Å². The third-order valence-electron chi connectivity index (χ3n) is 3.82. The van der Waals surface area contributed by atoms with Crippen molar-refractivity contribution in [1.29, 1.82) is 5.26 Å². The molecule has 0 unspecified atom stereocenters. The number of nitrogens with zero attached hydrogens (tertiary/aromatic N) is 3. The molecule has 0 spiro atoms. The Morgan fingerprint density at radius 3 is 2.91 bits per heavy atom. The Bertz CT molecular complexity index is 723. The third kappa shape index (κ3) is 2.26. The molecule has 1 aromatic carbocycles. The van der Waals surface area contributed by atoms with E-state index in [1.165, 1.54) is 18.0 Å². The van der Waals surface area contributed by atoms with Gasteiger partial charge in [-0.15, -0.1) is 0 Å². The summed E-state index contributed by atoms with van der Waals surface area (Å²) in [5.74, 6) is 0.953. The largest absolute Gasteiger partial charge is 0.496 e. The van der Waals surface area contributed by atoms with Crippen LogP contribution in [0.1, 0.15) is 29.6 Å². The first kappa shape index (κ1) is 14.3. The molecule has 0 saturated heterocycles. The van der Waals surface area contributed by atoms with E-state index >= 15 is 0 Å². The molecular formula is C15H14F2N4O. The van der Waals surface area contributed by atoms with Crippen LogP contribution in [0.4, 0.5) is 14.6 Å². The van der Waals surface area contributed by atoms with Gasteiger partial charge in [-0.2, -0.15) is 10.4 Å². The second-order valence-electron chi connectivity index (χ2n) is 5.04. The third-order valence-corrected chi connectivity index (χ3v) is 3.82. The Morgan fingerprint density at radius 2 is 2.23 bits per heavy atom. The first-order chi connectivity index (χ1) is 10.7. The fourth-order valence-corrected chi connectivity index (χ4v) is 2.77. The number of rotatable bonds is 3. The van der Waals surface area contributed by atoms with Crippen molar-refractivity contribution < 1.29 is 13.5 Å². The predicted octanol–water partition coefficient (Wildman–Crippen LogP) is 3.13. The lowest BCUT2D eigenvalue weighted by atomic mass is 9.96. The SMILES string of the molecule is COc1ccccc1[C@H]1C[C@@H](C(F)F)n2ncc(C#N)c2N1. The van der Waals surface area contributed by atoms with Crippen LogP contribution in [-0.2, 0) is 0 Å². The molecule has 2 atom stereocenters. The second-order valence-corrected chi connectivity index (χ2v) is 5.04. The van der Waals surface area contributed by atoms with Gasteiger partial charge in [-0.25, -0.2) is 13.5 Å². The summed E-state index contributed by atoms with van der Waals surface area (Å²) >= 11 is 0. The number of methoxy groups -OCH3 is 1. The van der Waals surface area contributed by atoms with Crippen LogP contribution in [0.3, 0.4) is 0 Å². The van der Waals surface area contributed by atoms with Gasteiger partial charge >= 0.3 is 0 Å². The molecular weight excluding hydrogens is 290 g/mol. The van der Waals surface area contributed by atoms with E-state index in [0.717, 1.165) is 5.56 Å². The molecule has 1 aliphatic rings. The molecule has 1 N–H and O–H groups in total. The van der Waals surface area contributed by atoms with Crippen LogP contribution in [0, 0.1) is 11.3 Å². The van der Waals surface area contributed by atoms with Gasteiger partial charge in [0.15, 0.2) is 0 Å². The highest BCUT2D eigenvalue weighted by atomic mass is 19.3. The zero-order chi connectivity index (χ0) is 15.7. The summed E-state index contributed by atoms with van der Waals surface area (Å²) in [4.78, 5) is 0. The maximum absolute atomic E-state index is 13.4. The number of halogens is 2. The van der Waals surface area contributed by atoms with Crippen LogP contribution >= 0.6 is 0 Å². The lowest BCUT2D eigenvalue weighted by molar-refractivity contribution is 0.0657. The summed E-state index contributed by atoms with van der Waals surface area (Å²) in [5.41, 5.74) is 1.04. The van der Waals surface area contributed by atoms with Crippen molar-refractivity contribution in [1.82, 2.24) is 9.78 Å². The molecule has 0 saturated carbocycles. The highest BCUT2D eigenvalue weighted by Gasteiger charge is 2.36. The van der Waals surface area contributed by atoms with E-state index in [1.54, 1.807) is 6.07 Å². The molecule has 5 nitrogen and oxygen atoms in total. The first-order valence-corrected chi connectivity index (χ1v) is 6.81. The number of aromatic nitrogens is 2. The molecule has 0 radical (unpaired) electrons. The molecule has 114 valence electrons. The summed E-state index contributed by atoms with van der Waals surface area (Å²) in [5, 5.41) is 16.2. The van der Waals surface area contributed by atoms with Crippen LogP contribution in [0.5, 0.6) is 5.75 Å². The van der Waals surface area contributed by atoms with Gasteiger partial charge in [0.1, 0.15) is 29.2 Å². The van der Waals surface area contributed by atoms with Crippen LogP contribution in [0.25, 0.3) is 0 Å². The van der Waals surface area contributed by atoms with Crippen molar-refractivity contribution in [2.75, 3.05) is 12.4 Å². The lowest BCUT2D eigenvalue weighted by Gasteiger charge is -2.32. The molecule has 0 fully saturated rings. The number of nitrogens with one attached hydrogen (secondary N) is 1. The van der Waals surface area contributed by atoms with E-state index in [9.17, 15) is 8.78 Å². The number of hydrogen-bond donors (Lipinski definition) is 1. The molecule has 3 rings (SSSR count).